The number of amides is 2. The summed E-state index contributed by atoms with van der Waals surface area (Å²) in [5, 5.41) is 14.6. The molecule has 2 amide bonds. The molecule has 3 rings (SSSR count). The quantitative estimate of drug-likeness (QED) is 0.751. The van der Waals surface area contributed by atoms with Crippen LogP contribution in [0.2, 0.25) is 0 Å². The molecular weight excluding hydrogens is 360 g/mol. The van der Waals surface area contributed by atoms with E-state index >= 15 is 0 Å². The van der Waals surface area contributed by atoms with E-state index in [1.807, 2.05) is 42.5 Å². The Morgan fingerprint density at radius 3 is 2.61 bits per heavy atom. The van der Waals surface area contributed by atoms with Gasteiger partial charge in [0, 0.05) is 26.3 Å². The van der Waals surface area contributed by atoms with Gasteiger partial charge in [-0.25, -0.2) is 4.79 Å². The zero-order valence-corrected chi connectivity index (χ0v) is 15.9. The van der Waals surface area contributed by atoms with Crippen molar-refractivity contribution in [2.24, 2.45) is 0 Å². The summed E-state index contributed by atoms with van der Waals surface area (Å²) >= 11 is 0. The molecule has 0 saturated carbocycles. The predicted molar refractivity (Wildman–Crippen MR) is 103 cm³/mol. The lowest BCUT2D eigenvalue weighted by molar-refractivity contribution is -0.146. The maximum absolute atomic E-state index is 12.7. The van der Waals surface area contributed by atoms with E-state index in [9.17, 15) is 19.5 Å². The number of fused-ring (bicyclic) bond motifs is 1. The third kappa shape index (κ3) is 4.31. The number of β-amino-alcohol motifs (C(OH)–C–C–N with tert-alkyl or cyclic N) is 1. The molecule has 148 valence electrons. The molecule has 0 aliphatic carbocycles. The maximum atomic E-state index is 12.7. The molecule has 1 aliphatic heterocycles. The zero-order valence-electron chi connectivity index (χ0n) is 15.9. The smallest absolute Gasteiger partial charge is 0.328 e. The molecule has 2 aromatic carbocycles. The molecule has 1 heterocycles. The van der Waals surface area contributed by atoms with Gasteiger partial charge in [0.2, 0.25) is 11.8 Å². The lowest BCUT2D eigenvalue weighted by Crippen LogP contribution is -2.51. The van der Waals surface area contributed by atoms with Crippen LogP contribution in [-0.2, 0) is 25.5 Å². The van der Waals surface area contributed by atoms with Crippen LogP contribution in [0.15, 0.2) is 42.5 Å². The first-order valence-electron chi connectivity index (χ1n) is 9.20. The van der Waals surface area contributed by atoms with Crippen molar-refractivity contribution in [3.8, 4) is 0 Å². The molecule has 0 unspecified atom stereocenters. The number of nitrogens with zero attached hydrogens (tertiary/aromatic N) is 1. The highest BCUT2D eigenvalue weighted by atomic mass is 16.5. The minimum Gasteiger partial charge on any atom is -0.467 e. The summed E-state index contributed by atoms with van der Waals surface area (Å²) < 4.78 is 4.85. The van der Waals surface area contributed by atoms with Crippen LogP contribution >= 0.6 is 0 Å². The summed E-state index contributed by atoms with van der Waals surface area (Å²) in [6.45, 7) is 1.46. The summed E-state index contributed by atoms with van der Waals surface area (Å²) in [6, 6.07) is 12.0. The molecule has 7 heteroatoms. The van der Waals surface area contributed by atoms with Crippen LogP contribution in [0, 0.1) is 0 Å². The van der Waals surface area contributed by atoms with Crippen molar-refractivity contribution in [1.29, 1.82) is 0 Å². The minimum absolute atomic E-state index is 0.112. The van der Waals surface area contributed by atoms with Crippen LogP contribution in [0.3, 0.4) is 0 Å². The van der Waals surface area contributed by atoms with Gasteiger partial charge in [-0.05, 0) is 16.3 Å². The number of hydrogen-bond donors (Lipinski definition) is 2. The summed E-state index contributed by atoms with van der Waals surface area (Å²) in [4.78, 5) is 38.0. The van der Waals surface area contributed by atoms with E-state index in [-0.39, 0.29) is 25.3 Å². The molecule has 3 atom stereocenters. The SMILES string of the molecule is COC(=O)[C@@H](Cc1ccc2ccccc2c1)NC(=O)[C@@H]1C[C@@H](O)CN1C(C)=O. The van der Waals surface area contributed by atoms with Gasteiger partial charge in [0.15, 0.2) is 0 Å². The number of ether oxygens (including phenoxy) is 1. The van der Waals surface area contributed by atoms with Crippen LogP contribution < -0.4 is 5.32 Å². The topological polar surface area (TPSA) is 95.9 Å². The third-order valence-electron chi connectivity index (χ3n) is 5.04. The fourth-order valence-corrected chi connectivity index (χ4v) is 3.62. The van der Waals surface area contributed by atoms with Crippen LogP contribution in [0.1, 0.15) is 18.9 Å². The molecule has 2 N–H and O–H groups in total. The Hall–Kier alpha value is -2.93. The first-order chi connectivity index (χ1) is 13.4. The molecule has 0 spiro atoms. The molecule has 7 nitrogen and oxygen atoms in total. The Balaban J connectivity index is 1.77. The van der Waals surface area contributed by atoms with E-state index in [1.165, 1.54) is 18.9 Å². The normalized spacial score (nSPS) is 20.0. The summed E-state index contributed by atoms with van der Waals surface area (Å²) in [6.07, 6.45) is -0.342. The summed E-state index contributed by atoms with van der Waals surface area (Å²) in [5.41, 5.74) is 0.879. The number of methoxy groups -OCH3 is 1. The fraction of sp³-hybridized carbons (Fsp3) is 0.381. The van der Waals surface area contributed by atoms with Gasteiger partial charge in [-0.1, -0.05) is 42.5 Å². The molecule has 28 heavy (non-hydrogen) atoms. The van der Waals surface area contributed by atoms with Crippen molar-refractivity contribution < 1.29 is 24.2 Å². The van der Waals surface area contributed by atoms with Gasteiger partial charge in [0.1, 0.15) is 12.1 Å². The zero-order chi connectivity index (χ0) is 20.3. The second-order valence-corrected chi connectivity index (χ2v) is 7.05. The number of nitrogens with one attached hydrogen (secondary N) is 1. The molecule has 1 saturated heterocycles. The van der Waals surface area contributed by atoms with Gasteiger partial charge < -0.3 is 20.1 Å². The predicted octanol–water partition coefficient (Wildman–Crippen LogP) is 1.02. The standard InChI is InChI=1S/C21H24N2O5/c1-13(24)23-12-17(25)11-19(23)20(26)22-18(21(27)28-2)10-14-7-8-15-5-3-4-6-16(15)9-14/h3-9,17-19,25H,10-12H2,1-2H3,(H,22,26)/t17-,18-,19+/m1/s1. The van der Waals surface area contributed by atoms with Crippen LogP contribution in [0.5, 0.6) is 0 Å². The Kier molecular flexibility index (Phi) is 5.94. The van der Waals surface area contributed by atoms with E-state index in [1.54, 1.807) is 0 Å². The van der Waals surface area contributed by atoms with Crippen molar-refractivity contribution in [2.75, 3.05) is 13.7 Å². The third-order valence-corrected chi connectivity index (χ3v) is 5.04. The van der Waals surface area contributed by atoms with Gasteiger partial charge >= 0.3 is 5.97 Å². The van der Waals surface area contributed by atoms with Gasteiger partial charge in [0.25, 0.3) is 0 Å². The number of benzene rings is 2. The van der Waals surface area contributed by atoms with Crippen LogP contribution in [-0.4, -0.2) is 59.6 Å². The lowest BCUT2D eigenvalue weighted by Gasteiger charge is -2.24. The monoisotopic (exact) mass is 384 g/mol. The molecule has 0 radical (unpaired) electrons. The highest BCUT2D eigenvalue weighted by Gasteiger charge is 2.38. The van der Waals surface area contributed by atoms with Gasteiger partial charge in [-0.3, -0.25) is 9.59 Å². The molecule has 0 bridgehead atoms. The second-order valence-electron chi connectivity index (χ2n) is 7.05. The lowest BCUT2D eigenvalue weighted by atomic mass is 10.0. The van der Waals surface area contributed by atoms with Crippen LogP contribution in [0.4, 0.5) is 0 Å². The molecular formula is C21H24N2O5. The van der Waals surface area contributed by atoms with E-state index in [4.69, 9.17) is 4.74 Å². The number of aliphatic hydroxyl groups is 1. The largest absolute Gasteiger partial charge is 0.467 e. The Morgan fingerprint density at radius 1 is 1.21 bits per heavy atom. The van der Waals surface area contributed by atoms with Crippen molar-refractivity contribution >= 4 is 28.6 Å². The van der Waals surface area contributed by atoms with Gasteiger partial charge in [-0.15, -0.1) is 0 Å². The molecule has 1 fully saturated rings. The number of rotatable bonds is 5. The number of carbonyl (C=O) groups excluding carboxylic acids is 3. The Bertz CT molecular complexity index is 897. The first kappa shape index (κ1) is 19.8. The average Bonchev–Trinajstić information content (AvgIpc) is 3.09. The Labute approximate surface area is 163 Å². The highest BCUT2D eigenvalue weighted by molar-refractivity contribution is 5.91. The number of carbonyl (C=O) groups is 3. The Morgan fingerprint density at radius 2 is 1.93 bits per heavy atom. The maximum Gasteiger partial charge on any atom is 0.328 e. The highest BCUT2D eigenvalue weighted by Crippen LogP contribution is 2.20. The summed E-state index contributed by atoms with van der Waals surface area (Å²) in [7, 11) is 1.27. The average molecular weight is 384 g/mol. The minimum atomic E-state index is -0.884. The molecule has 1 aliphatic rings. The first-order valence-corrected chi connectivity index (χ1v) is 9.20. The van der Waals surface area contributed by atoms with E-state index in [2.05, 4.69) is 5.32 Å². The van der Waals surface area contributed by atoms with E-state index in [0.717, 1.165) is 16.3 Å². The molecule has 2 aromatic rings. The van der Waals surface area contributed by atoms with E-state index < -0.39 is 30.1 Å². The van der Waals surface area contributed by atoms with Crippen molar-refractivity contribution in [2.45, 2.75) is 38.0 Å². The second kappa shape index (κ2) is 8.39. The van der Waals surface area contributed by atoms with Gasteiger partial charge in [-0.2, -0.15) is 0 Å². The van der Waals surface area contributed by atoms with Crippen molar-refractivity contribution in [3.63, 3.8) is 0 Å². The van der Waals surface area contributed by atoms with Crippen molar-refractivity contribution in [1.82, 2.24) is 10.2 Å². The number of likely N-dealkylation sites (tertiary alicyclic amines) is 1. The van der Waals surface area contributed by atoms with Gasteiger partial charge in [0.05, 0.1) is 13.2 Å². The summed E-state index contributed by atoms with van der Waals surface area (Å²) in [5.74, 6) is -1.32. The van der Waals surface area contributed by atoms with E-state index in [0.29, 0.717) is 0 Å². The number of hydrogen-bond acceptors (Lipinski definition) is 5. The van der Waals surface area contributed by atoms with Crippen LogP contribution in [0.25, 0.3) is 10.8 Å². The number of esters is 1. The fourth-order valence-electron chi connectivity index (χ4n) is 3.62. The van der Waals surface area contributed by atoms with Crippen molar-refractivity contribution in [3.05, 3.63) is 48.0 Å². The number of aliphatic hydroxyl groups excluding tert-OH is 1. The molecule has 0 aromatic heterocycles.